The molecule has 2 atom stereocenters. The van der Waals surface area contributed by atoms with Crippen LogP contribution >= 0.6 is 0 Å². The van der Waals surface area contributed by atoms with Gasteiger partial charge in [-0.3, -0.25) is 0 Å². The molecular formula is C16H27N3. The van der Waals surface area contributed by atoms with Gasteiger partial charge in [-0.1, -0.05) is 24.3 Å². The van der Waals surface area contributed by atoms with Gasteiger partial charge in [0.25, 0.3) is 0 Å². The fraction of sp³-hybridized carbons (Fsp3) is 0.625. The molecule has 0 amide bonds. The standard InChI is InChI=1S/C16H27N3/c1-13-6-4-5-7-15(13)16(17)9-11-19-10-8-14(12-19)18(2)3/h4-7,14,16H,8-12,17H2,1-3H3. The molecule has 2 unspecified atom stereocenters. The van der Waals surface area contributed by atoms with Crippen LogP contribution in [-0.4, -0.2) is 49.6 Å². The molecule has 0 radical (unpaired) electrons. The minimum Gasteiger partial charge on any atom is -0.324 e. The lowest BCUT2D eigenvalue weighted by atomic mass is 9.99. The Hall–Kier alpha value is -0.900. The molecule has 0 aromatic heterocycles. The Labute approximate surface area is 117 Å². The van der Waals surface area contributed by atoms with Crippen molar-refractivity contribution in [2.45, 2.75) is 31.8 Å². The third kappa shape index (κ3) is 3.78. The molecule has 1 aromatic rings. The van der Waals surface area contributed by atoms with E-state index in [1.165, 1.54) is 30.6 Å². The molecule has 106 valence electrons. The Morgan fingerprint density at radius 3 is 2.74 bits per heavy atom. The Bertz CT molecular complexity index is 403. The molecular weight excluding hydrogens is 234 g/mol. The van der Waals surface area contributed by atoms with Crippen molar-refractivity contribution in [3.05, 3.63) is 35.4 Å². The smallest absolute Gasteiger partial charge is 0.0309 e. The first kappa shape index (κ1) is 14.5. The van der Waals surface area contributed by atoms with E-state index in [0.29, 0.717) is 0 Å². The number of hydrogen-bond acceptors (Lipinski definition) is 3. The first-order valence-corrected chi connectivity index (χ1v) is 7.28. The second-order valence-corrected chi connectivity index (χ2v) is 5.96. The van der Waals surface area contributed by atoms with Crippen molar-refractivity contribution in [3.8, 4) is 0 Å². The van der Waals surface area contributed by atoms with Gasteiger partial charge >= 0.3 is 0 Å². The molecule has 3 nitrogen and oxygen atoms in total. The maximum Gasteiger partial charge on any atom is 0.0309 e. The highest BCUT2D eigenvalue weighted by molar-refractivity contribution is 5.28. The van der Waals surface area contributed by atoms with Gasteiger partial charge in [0.15, 0.2) is 0 Å². The highest BCUT2D eigenvalue weighted by Gasteiger charge is 2.24. The average Bonchev–Trinajstić information content (AvgIpc) is 2.85. The lowest BCUT2D eigenvalue weighted by Crippen LogP contribution is -2.32. The van der Waals surface area contributed by atoms with Crippen molar-refractivity contribution in [1.29, 1.82) is 0 Å². The highest BCUT2D eigenvalue weighted by Crippen LogP contribution is 2.20. The normalized spacial score (nSPS) is 22.1. The number of benzene rings is 1. The molecule has 0 bridgehead atoms. The number of nitrogens with two attached hydrogens (primary N) is 1. The Morgan fingerprint density at radius 2 is 2.11 bits per heavy atom. The molecule has 2 N–H and O–H groups in total. The van der Waals surface area contributed by atoms with Gasteiger partial charge in [0.1, 0.15) is 0 Å². The monoisotopic (exact) mass is 261 g/mol. The summed E-state index contributed by atoms with van der Waals surface area (Å²) in [6.45, 7) is 5.66. The van der Waals surface area contributed by atoms with Gasteiger partial charge in [0.2, 0.25) is 0 Å². The zero-order valence-corrected chi connectivity index (χ0v) is 12.5. The van der Waals surface area contributed by atoms with Crippen LogP contribution in [0.2, 0.25) is 0 Å². The summed E-state index contributed by atoms with van der Waals surface area (Å²) in [7, 11) is 4.35. The molecule has 1 aliphatic rings. The molecule has 1 heterocycles. The molecule has 19 heavy (non-hydrogen) atoms. The van der Waals surface area contributed by atoms with E-state index in [9.17, 15) is 0 Å². The maximum atomic E-state index is 6.33. The van der Waals surface area contributed by atoms with Crippen LogP contribution in [0.1, 0.15) is 30.0 Å². The molecule has 1 aromatic carbocycles. The third-order valence-corrected chi connectivity index (χ3v) is 4.32. The molecule has 1 saturated heterocycles. The van der Waals surface area contributed by atoms with Gasteiger partial charge in [0.05, 0.1) is 0 Å². The van der Waals surface area contributed by atoms with Crippen molar-refractivity contribution in [2.24, 2.45) is 5.73 Å². The van der Waals surface area contributed by atoms with Gasteiger partial charge in [0, 0.05) is 25.2 Å². The summed E-state index contributed by atoms with van der Waals surface area (Å²) < 4.78 is 0. The summed E-state index contributed by atoms with van der Waals surface area (Å²) in [5, 5.41) is 0. The summed E-state index contributed by atoms with van der Waals surface area (Å²) in [5.41, 5.74) is 8.94. The van der Waals surface area contributed by atoms with Crippen LogP contribution in [0.5, 0.6) is 0 Å². The molecule has 1 fully saturated rings. The molecule has 0 aliphatic carbocycles. The van der Waals surface area contributed by atoms with Crippen molar-refractivity contribution in [1.82, 2.24) is 9.80 Å². The first-order chi connectivity index (χ1) is 9.08. The topological polar surface area (TPSA) is 32.5 Å². The quantitative estimate of drug-likeness (QED) is 0.880. The van der Waals surface area contributed by atoms with Gasteiger partial charge in [-0.15, -0.1) is 0 Å². The SMILES string of the molecule is Cc1ccccc1C(N)CCN1CCC(N(C)C)C1. The second kappa shape index (κ2) is 6.51. The minimum absolute atomic E-state index is 0.166. The zero-order chi connectivity index (χ0) is 13.8. The molecule has 2 rings (SSSR count). The number of aryl methyl sites for hydroxylation is 1. The minimum atomic E-state index is 0.166. The van der Waals surface area contributed by atoms with Crippen LogP contribution in [0.25, 0.3) is 0 Å². The lowest BCUT2D eigenvalue weighted by molar-refractivity contribution is 0.263. The first-order valence-electron chi connectivity index (χ1n) is 7.28. The largest absolute Gasteiger partial charge is 0.324 e. The van der Waals surface area contributed by atoms with Crippen LogP contribution in [0.15, 0.2) is 24.3 Å². The van der Waals surface area contributed by atoms with Gasteiger partial charge < -0.3 is 15.5 Å². The van der Waals surface area contributed by atoms with E-state index < -0.39 is 0 Å². The predicted molar refractivity (Wildman–Crippen MR) is 81.3 cm³/mol. The average molecular weight is 261 g/mol. The van der Waals surface area contributed by atoms with Crippen LogP contribution in [0.3, 0.4) is 0 Å². The highest BCUT2D eigenvalue weighted by atomic mass is 15.2. The summed E-state index contributed by atoms with van der Waals surface area (Å²) in [6.07, 6.45) is 2.33. The van der Waals surface area contributed by atoms with Crippen molar-refractivity contribution in [3.63, 3.8) is 0 Å². The van der Waals surface area contributed by atoms with E-state index in [-0.39, 0.29) is 6.04 Å². The van der Waals surface area contributed by atoms with Crippen LogP contribution in [0.4, 0.5) is 0 Å². The number of likely N-dealkylation sites (N-methyl/N-ethyl adjacent to an activating group) is 1. The van der Waals surface area contributed by atoms with Gasteiger partial charge in [-0.2, -0.15) is 0 Å². The summed E-state index contributed by atoms with van der Waals surface area (Å²) in [6, 6.07) is 9.35. The van der Waals surface area contributed by atoms with E-state index >= 15 is 0 Å². The van der Waals surface area contributed by atoms with Crippen molar-refractivity contribution < 1.29 is 0 Å². The number of rotatable bonds is 5. The van der Waals surface area contributed by atoms with Gasteiger partial charge in [-0.05, 0) is 51.5 Å². The van der Waals surface area contributed by atoms with E-state index in [0.717, 1.165) is 19.0 Å². The number of likely N-dealkylation sites (tertiary alicyclic amines) is 1. The van der Waals surface area contributed by atoms with Crippen LogP contribution in [-0.2, 0) is 0 Å². The van der Waals surface area contributed by atoms with E-state index in [4.69, 9.17) is 5.73 Å². The van der Waals surface area contributed by atoms with Crippen LogP contribution < -0.4 is 5.73 Å². The van der Waals surface area contributed by atoms with E-state index in [1.54, 1.807) is 0 Å². The fourth-order valence-electron chi connectivity index (χ4n) is 2.92. The van der Waals surface area contributed by atoms with E-state index in [2.05, 4.69) is 55.1 Å². The molecule has 0 spiro atoms. The molecule has 1 aliphatic heterocycles. The lowest BCUT2D eigenvalue weighted by Gasteiger charge is -2.22. The molecule has 0 saturated carbocycles. The predicted octanol–water partition coefficient (Wildman–Crippen LogP) is 2.02. The number of nitrogens with zero attached hydrogens (tertiary/aromatic N) is 2. The van der Waals surface area contributed by atoms with Crippen LogP contribution in [0, 0.1) is 6.92 Å². The maximum absolute atomic E-state index is 6.33. The molecule has 3 heteroatoms. The summed E-state index contributed by atoms with van der Waals surface area (Å²) in [4.78, 5) is 4.88. The fourth-order valence-corrected chi connectivity index (χ4v) is 2.92. The van der Waals surface area contributed by atoms with Gasteiger partial charge in [-0.25, -0.2) is 0 Å². The number of hydrogen-bond donors (Lipinski definition) is 1. The Balaban J connectivity index is 1.82. The Kier molecular flexibility index (Phi) is 4.97. The second-order valence-electron chi connectivity index (χ2n) is 5.96. The zero-order valence-electron chi connectivity index (χ0n) is 12.5. The van der Waals surface area contributed by atoms with Crippen molar-refractivity contribution in [2.75, 3.05) is 33.7 Å². The Morgan fingerprint density at radius 1 is 1.37 bits per heavy atom. The summed E-state index contributed by atoms with van der Waals surface area (Å²) >= 11 is 0. The third-order valence-electron chi connectivity index (χ3n) is 4.32. The van der Waals surface area contributed by atoms with Crippen molar-refractivity contribution >= 4 is 0 Å². The summed E-state index contributed by atoms with van der Waals surface area (Å²) in [5.74, 6) is 0. The van der Waals surface area contributed by atoms with E-state index in [1.807, 2.05) is 0 Å².